The number of nitrogens with zero attached hydrogens (tertiary/aromatic N) is 1. The molecule has 0 bridgehead atoms. The van der Waals surface area contributed by atoms with Crippen LogP contribution in [-0.2, 0) is 19.9 Å². The first-order valence-corrected chi connectivity index (χ1v) is 8.13. The number of hydrogen-bond acceptors (Lipinski definition) is 5. The number of rotatable bonds is 6. The molecule has 1 heterocycles. The molecular formula is C16H20N4O4S. The second kappa shape index (κ2) is 7.93. The van der Waals surface area contributed by atoms with Gasteiger partial charge in [0.05, 0.1) is 7.11 Å². The van der Waals surface area contributed by atoms with Crippen LogP contribution in [0.2, 0.25) is 0 Å². The van der Waals surface area contributed by atoms with E-state index >= 15 is 0 Å². The monoisotopic (exact) mass is 364 g/mol. The third-order valence-electron chi connectivity index (χ3n) is 3.83. The predicted octanol–water partition coefficient (Wildman–Crippen LogP) is 0.786. The molecule has 0 saturated carbocycles. The van der Waals surface area contributed by atoms with Gasteiger partial charge in [-0.3, -0.25) is 15.0 Å². The largest absolute Gasteiger partial charge is 0.469 e. The number of carbonyl (C=O) groups excluding carboxylic acids is 3. The van der Waals surface area contributed by atoms with Crippen molar-refractivity contribution in [1.29, 1.82) is 0 Å². The molecule has 134 valence electrons. The molecular weight excluding hydrogens is 344 g/mol. The average molecular weight is 364 g/mol. The van der Waals surface area contributed by atoms with Gasteiger partial charge >= 0.3 is 12.0 Å². The van der Waals surface area contributed by atoms with Gasteiger partial charge in [0.2, 0.25) is 0 Å². The number of amides is 3. The lowest BCUT2D eigenvalue weighted by Gasteiger charge is -2.22. The van der Waals surface area contributed by atoms with Gasteiger partial charge in [0.15, 0.2) is 5.11 Å². The van der Waals surface area contributed by atoms with Gasteiger partial charge in [0, 0.05) is 13.0 Å². The number of ether oxygens (including phenoxy) is 1. The van der Waals surface area contributed by atoms with E-state index < -0.39 is 17.5 Å². The summed E-state index contributed by atoms with van der Waals surface area (Å²) in [7, 11) is 1.32. The molecule has 0 radical (unpaired) electrons. The molecule has 1 saturated heterocycles. The van der Waals surface area contributed by atoms with Gasteiger partial charge in [-0.25, -0.2) is 4.79 Å². The maximum absolute atomic E-state index is 12.7. The van der Waals surface area contributed by atoms with Gasteiger partial charge in [-0.05, 0) is 31.1 Å². The second-order valence-electron chi connectivity index (χ2n) is 5.61. The number of esters is 1. The molecule has 0 spiro atoms. The maximum Gasteiger partial charge on any atom is 0.344 e. The Bertz CT molecular complexity index is 682. The number of nitrogens with one attached hydrogen (secondary N) is 3. The Hall–Kier alpha value is -2.68. The van der Waals surface area contributed by atoms with Crippen molar-refractivity contribution < 1.29 is 19.1 Å². The summed E-state index contributed by atoms with van der Waals surface area (Å²) in [6, 6.07) is 8.37. The third kappa shape index (κ3) is 4.24. The zero-order valence-corrected chi connectivity index (χ0v) is 14.8. The molecule has 9 heteroatoms. The lowest BCUT2D eigenvalue weighted by atomic mass is 9.92. The topological polar surface area (TPSA) is 99.8 Å². The van der Waals surface area contributed by atoms with E-state index in [-0.39, 0.29) is 17.5 Å². The molecule has 3 N–H and O–H groups in total. The van der Waals surface area contributed by atoms with Gasteiger partial charge in [-0.15, -0.1) is 0 Å². The van der Waals surface area contributed by atoms with Gasteiger partial charge in [0.1, 0.15) is 5.54 Å². The summed E-state index contributed by atoms with van der Waals surface area (Å²) < 4.78 is 4.54. The van der Waals surface area contributed by atoms with Crippen LogP contribution in [0.25, 0.3) is 0 Å². The molecule has 0 aliphatic carbocycles. The SMILES string of the molecule is COC(=O)CCCNC(=S)NN1C(=O)N[C@@](C)(c2ccccc2)C1=O. The molecule has 1 aliphatic rings. The number of urea groups is 1. The minimum absolute atomic E-state index is 0.116. The second-order valence-corrected chi connectivity index (χ2v) is 6.02. The number of benzene rings is 1. The Morgan fingerprint density at radius 3 is 2.64 bits per heavy atom. The third-order valence-corrected chi connectivity index (χ3v) is 4.06. The average Bonchev–Trinajstić information content (AvgIpc) is 2.83. The van der Waals surface area contributed by atoms with Crippen LogP contribution in [0, 0.1) is 0 Å². The van der Waals surface area contributed by atoms with Crippen LogP contribution in [0.15, 0.2) is 30.3 Å². The fourth-order valence-electron chi connectivity index (χ4n) is 2.39. The van der Waals surface area contributed by atoms with Crippen molar-refractivity contribution in [3.8, 4) is 0 Å². The smallest absolute Gasteiger partial charge is 0.344 e. The number of hydrogen-bond donors (Lipinski definition) is 3. The van der Waals surface area contributed by atoms with E-state index in [1.807, 2.05) is 6.07 Å². The van der Waals surface area contributed by atoms with E-state index in [1.165, 1.54) is 7.11 Å². The van der Waals surface area contributed by atoms with Crippen molar-refractivity contribution in [2.45, 2.75) is 25.3 Å². The molecule has 1 aromatic carbocycles. The fourth-order valence-corrected chi connectivity index (χ4v) is 2.58. The summed E-state index contributed by atoms with van der Waals surface area (Å²) in [5.41, 5.74) is 2.10. The van der Waals surface area contributed by atoms with E-state index in [4.69, 9.17) is 12.2 Å². The molecule has 1 fully saturated rings. The van der Waals surface area contributed by atoms with Crippen molar-refractivity contribution in [2.24, 2.45) is 0 Å². The van der Waals surface area contributed by atoms with E-state index in [0.29, 0.717) is 18.5 Å². The normalized spacial score (nSPS) is 19.4. The van der Waals surface area contributed by atoms with Crippen molar-refractivity contribution in [3.05, 3.63) is 35.9 Å². The fraction of sp³-hybridized carbons (Fsp3) is 0.375. The Morgan fingerprint density at radius 1 is 1.32 bits per heavy atom. The van der Waals surface area contributed by atoms with Crippen LogP contribution in [0.4, 0.5) is 4.79 Å². The van der Waals surface area contributed by atoms with Gasteiger partial charge in [-0.2, -0.15) is 5.01 Å². The highest BCUT2D eigenvalue weighted by molar-refractivity contribution is 7.80. The maximum atomic E-state index is 12.7. The highest BCUT2D eigenvalue weighted by atomic mass is 32.1. The number of thiocarbonyl (C=S) groups is 1. The summed E-state index contributed by atoms with van der Waals surface area (Å²) in [6.07, 6.45) is 0.762. The van der Waals surface area contributed by atoms with Crippen molar-refractivity contribution in [1.82, 2.24) is 21.1 Å². The molecule has 8 nitrogen and oxygen atoms in total. The van der Waals surface area contributed by atoms with E-state index in [0.717, 1.165) is 5.01 Å². The first-order valence-electron chi connectivity index (χ1n) is 7.72. The molecule has 0 unspecified atom stereocenters. The zero-order chi connectivity index (χ0) is 18.4. The quantitative estimate of drug-likeness (QED) is 0.297. The first kappa shape index (κ1) is 18.7. The predicted molar refractivity (Wildman–Crippen MR) is 94.2 cm³/mol. The molecule has 25 heavy (non-hydrogen) atoms. The number of methoxy groups -OCH3 is 1. The van der Waals surface area contributed by atoms with Gasteiger partial charge in [0.25, 0.3) is 5.91 Å². The number of imide groups is 1. The minimum atomic E-state index is -1.16. The Balaban J connectivity index is 1.92. The zero-order valence-electron chi connectivity index (χ0n) is 14.0. The van der Waals surface area contributed by atoms with Crippen LogP contribution < -0.4 is 16.1 Å². The van der Waals surface area contributed by atoms with Gasteiger partial charge in [-0.1, -0.05) is 30.3 Å². The Kier molecular flexibility index (Phi) is 5.92. The lowest BCUT2D eigenvalue weighted by molar-refractivity contribution is -0.140. The van der Waals surface area contributed by atoms with Crippen molar-refractivity contribution in [3.63, 3.8) is 0 Å². The summed E-state index contributed by atoms with van der Waals surface area (Å²) in [5, 5.41) is 6.47. The van der Waals surface area contributed by atoms with Crippen LogP contribution in [-0.4, -0.2) is 41.7 Å². The summed E-state index contributed by atoms with van der Waals surface area (Å²) in [4.78, 5) is 35.8. The summed E-state index contributed by atoms with van der Waals surface area (Å²) in [6.45, 7) is 2.04. The van der Waals surface area contributed by atoms with E-state index in [1.54, 1.807) is 31.2 Å². The first-order chi connectivity index (χ1) is 11.9. The highest BCUT2D eigenvalue weighted by Gasteiger charge is 2.49. The standard InChI is InChI=1S/C16H20N4O4S/c1-16(11-7-4-3-5-8-11)13(22)20(15(23)18-16)19-14(25)17-10-6-9-12(21)24-2/h3-5,7-8H,6,9-10H2,1-2H3,(H,18,23)(H2,17,19,25)/t16-/m0/s1. The van der Waals surface area contributed by atoms with Crippen LogP contribution in [0.1, 0.15) is 25.3 Å². The van der Waals surface area contributed by atoms with Crippen LogP contribution >= 0.6 is 12.2 Å². The number of carbonyl (C=O) groups is 3. The minimum Gasteiger partial charge on any atom is -0.469 e. The molecule has 3 amide bonds. The summed E-state index contributed by atoms with van der Waals surface area (Å²) in [5.74, 6) is -0.768. The van der Waals surface area contributed by atoms with E-state index in [9.17, 15) is 14.4 Å². The Morgan fingerprint density at radius 2 is 2.00 bits per heavy atom. The van der Waals surface area contributed by atoms with Crippen molar-refractivity contribution in [2.75, 3.05) is 13.7 Å². The van der Waals surface area contributed by atoms with Gasteiger partial charge < -0.3 is 15.4 Å². The Labute approximate surface area is 150 Å². The lowest BCUT2D eigenvalue weighted by Crippen LogP contribution is -2.51. The highest BCUT2D eigenvalue weighted by Crippen LogP contribution is 2.27. The van der Waals surface area contributed by atoms with Crippen LogP contribution in [0.3, 0.4) is 0 Å². The number of hydrazine groups is 1. The summed E-state index contributed by atoms with van der Waals surface area (Å²) >= 11 is 5.08. The van der Waals surface area contributed by atoms with Crippen molar-refractivity contribution >= 4 is 35.2 Å². The van der Waals surface area contributed by atoms with Crippen LogP contribution in [0.5, 0.6) is 0 Å². The molecule has 1 aliphatic heterocycles. The van der Waals surface area contributed by atoms with E-state index in [2.05, 4.69) is 20.8 Å². The molecule has 2 rings (SSSR count). The molecule has 0 aromatic heterocycles. The molecule has 1 aromatic rings. The molecule has 1 atom stereocenters.